The van der Waals surface area contributed by atoms with Gasteiger partial charge < -0.3 is 15.4 Å². The lowest BCUT2D eigenvalue weighted by Crippen LogP contribution is -2.65. The van der Waals surface area contributed by atoms with Crippen LogP contribution in [0.5, 0.6) is 5.75 Å². The topological polar surface area (TPSA) is 91.2 Å². The molecule has 3 rings (SSSR count). The van der Waals surface area contributed by atoms with E-state index in [1.54, 1.807) is 25.1 Å². The monoisotopic (exact) mass is 389 g/mol. The molecule has 1 unspecified atom stereocenters. The van der Waals surface area contributed by atoms with E-state index in [-0.39, 0.29) is 17.5 Å². The van der Waals surface area contributed by atoms with Gasteiger partial charge in [0.15, 0.2) is 0 Å². The van der Waals surface area contributed by atoms with Crippen LogP contribution in [0.1, 0.15) is 37.0 Å². The summed E-state index contributed by atoms with van der Waals surface area (Å²) in [5, 5.41) is 15.2. The Hall–Kier alpha value is -3.59. The van der Waals surface area contributed by atoms with Crippen molar-refractivity contribution in [1.29, 1.82) is 5.26 Å². The van der Waals surface area contributed by atoms with Crippen LogP contribution in [0.15, 0.2) is 54.2 Å². The lowest BCUT2D eigenvalue weighted by molar-refractivity contribution is -0.136. The molecule has 0 aromatic heterocycles. The van der Waals surface area contributed by atoms with E-state index in [1.807, 2.05) is 37.3 Å². The van der Waals surface area contributed by atoms with Gasteiger partial charge in [0.2, 0.25) is 0 Å². The number of rotatable bonds is 5. The number of nitriles is 1. The fourth-order valence-corrected chi connectivity index (χ4v) is 3.64. The Labute approximate surface area is 170 Å². The Balaban J connectivity index is 2.01. The Bertz CT molecular complexity index is 1020. The first-order chi connectivity index (χ1) is 14.0. The first-order valence-corrected chi connectivity index (χ1v) is 9.42. The van der Waals surface area contributed by atoms with Gasteiger partial charge in [-0.1, -0.05) is 43.3 Å². The molecule has 1 aliphatic heterocycles. The van der Waals surface area contributed by atoms with E-state index in [0.29, 0.717) is 35.3 Å². The minimum absolute atomic E-state index is 0.133. The van der Waals surface area contributed by atoms with Gasteiger partial charge in [0.1, 0.15) is 17.0 Å². The number of allylic oxidation sites excluding steroid dienone is 1. The van der Waals surface area contributed by atoms with Crippen molar-refractivity contribution in [2.75, 3.05) is 7.11 Å². The first kappa shape index (κ1) is 20.2. The lowest BCUT2D eigenvalue weighted by Gasteiger charge is -2.37. The zero-order chi connectivity index (χ0) is 21.0. The fourth-order valence-electron chi connectivity index (χ4n) is 3.64. The van der Waals surface area contributed by atoms with Crippen LogP contribution in [0.25, 0.3) is 5.57 Å². The molecular weight excluding hydrogens is 366 g/mol. The van der Waals surface area contributed by atoms with Gasteiger partial charge in [-0.05, 0) is 36.6 Å². The summed E-state index contributed by atoms with van der Waals surface area (Å²) >= 11 is 0. The highest BCUT2D eigenvalue weighted by molar-refractivity contribution is 6.11. The smallest absolute Gasteiger partial charge is 0.268 e. The van der Waals surface area contributed by atoms with Crippen LogP contribution in [0.2, 0.25) is 0 Å². The minimum Gasteiger partial charge on any atom is -0.496 e. The molecule has 2 aromatic carbocycles. The standard InChI is InChI=1S/C23H23N3O3/c1-4-23(13-16-9-6-5-7-10-16)22(28)25-20(21(27)26-23)15(2)19-17(14-24)11-8-12-18(19)29-3/h5-12H,4,13H2,1-3H3,(H,25,28)(H,26,27). The maximum absolute atomic E-state index is 13.1. The van der Waals surface area contributed by atoms with Gasteiger partial charge in [0, 0.05) is 12.0 Å². The highest BCUT2D eigenvalue weighted by Gasteiger charge is 2.44. The Morgan fingerprint density at radius 1 is 1.14 bits per heavy atom. The van der Waals surface area contributed by atoms with E-state index in [1.165, 1.54) is 7.11 Å². The highest BCUT2D eigenvalue weighted by atomic mass is 16.5. The third-order valence-corrected chi connectivity index (χ3v) is 5.32. The number of nitrogens with one attached hydrogen (secondary N) is 2. The van der Waals surface area contributed by atoms with Gasteiger partial charge in [-0.25, -0.2) is 0 Å². The molecule has 0 spiro atoms. The van der Waals surface area contributed by atoms with Crippen LogP contribution in [0.3, 0.4) is 0 Å². The van der Waals surface area contributed by atoms with Crippen LogP contribution in [-0.4, -0.2) is 24.5 Å². The normalized spacial score (nSPS) is 20.3. The zero-order valence-corrected chi connectivity index (χ0v) is 16.7. The summed E-state index contributed by atoms with van der Waals surface area (Å²) in [5.41, 5.74) is 1.41. The van der Waals surface area contributed by atoms with Crippen LogP contribution < -0.4 is 15.4 Å². The maximum atomic E-state index is 13.1. The fraction of sp³-hybridized carbons (Fsp3) is 0.261. The molecule has 1 aliphatic rings. The summed E-state index contributed by atoms with van der Waals surface area (Å²) in [6, 6.07) is 16.8. The quantitative estimate of drug-likeness (QED) is 0.769. The molecule has 2 N–H and O–H groups in total. The van der Waals surface area contributed by atoms with E-state index < -0.39 is 5.54 Å². The SMILES string of the molecule is CCC1(Cc2ccccc2)NC(=O)C(=C(C)c2c(C#N)cccc2OC)NC1=O. The Morgan fingerprint density at radius 2 is 1.86 bits per heavy atom. The number of nitrogens with zero attached hydrogens (tertiary/aromatic N) is 1. The van der Waals surface area contributed by atoms with Crippen LogP contribution in [-0.2, 0) is 16.0 Å². The van der Waals surface area contributed by atoms with E-state index >= 15 is 0 Å². The van der Waals surface area contributed by atoms with E-state index in [2.05, 4.69) is 16.7 Å². The summed E-state index contributed by atoms with van der Waals surface area (Å²) in [6.45, 7) is 3.57. The van der Waals surface area contributed by atoms with Crippen LogP contribution in [0.4, 0.5) is 0 Å². The molecule has 0 saturated carbocycles. The number of hydrogen-bond acceptors (Lipinski definition) is 4. The Kier molecular flexibility index (Phi) is 5.69. The largest absolute Gasteiger partial charge is 0.496 e. The number of amides is 2. The molecule has 2 aromatic rings. The summed E-state index contributed by atoms with van der Waals surface area (Å²) < 4.78 is 5.37. The molecule has 29 heavy (non-hydrogen) atoms. The summed E-state index contributed by atoms with van der Waals surface area (Å²) in [5.74, 6) is -0.186. The number of methoxy groups -OCH3 is 1. The Morgan fingerprint density at radius 3 is 2.48 bits per heavy atom. The van der Waals surface area contributed by atoms with Gasteiger partial charge in [-0.3, -0.25) is 9.59 Å². The molecule has 1 fully saturated rings. The second-order valence-corrected chi connectivity index (χ2v) is 7.00. The van der Waals surface area contributed by atoms with E-state index in [9.17, 15) is 14.9 Å². The van der Waals surface area contributed by atoms with Gasteiger partial charge in [0.25, 0.3) is 11.8 Å². The van der Waals surface area contributed by atoms with Crippen LogP contribution >= 0.6 is 0 Å². The van der Waals surface area contributed by atoms with Crippen LogP contribution in [0, 0.1) is 11.3 Å². The summed E-state index contributed by atoms with van der Waals surface area (Å²) in [7, 11) is 1.50. The molecule has 148 valence electrons. The predicted octanol–water partition coefficient (Wildman–Crippen LogP) is 2.94. The van der Waals surface area contributed by atoms with Gasteiger partial charge >= 0.3 is 0 Å². The molecule has 0 bridgehead atoms. The van der Waals surface area contributed by atoms with E-state index in [4.69, 9.17) is 4.74 Å². The molecule has 1 saturated heterocycles. The van der Waals surface area contributed by atoms with Crippen molar-refractivity contribution < 1.29 is 14.3 Å². The number of hydrogen-bond donors (Lipinski definition) is 2. The summed E-state index contributed by atoms with van der Waals surface area (Å²) in [6.07, 6.45) is 0.843. The minimum atomic E-state index is -1.03. The second-order valence-electron chi connectivity index (χ2n) is 7.00. The molecule has 1 atom stereocenters. The van der Waals surface area contributed by atoms with Crippen molar-refractivity contribution in [3.8, 4) is 11.8 Å². The zero-order valence-electron chi connectivity index (χ0n) is 16.7. The van der Waals surface area contributed by atoms with Gasteiger partial charge in [-0.2, -0.15) is 5.26 Å². The molecule has 1 heterocycles. The van der Waals surface area contributed by atoms with E-state index in [0.717, 1.165) is 5.56 Å². The molecular formula is C23H23N3O3. The van der Waals surface area contributed by atoms with Crippen molar-refractivity contribution in [3.63, 3.8) is 0 Å². The third-order valence-electron chi connectivity index (χ3n) is 5.32. The van der Waals surface area contributed by atoms with Crippen molar-refractivity contribution in [1.82, 2.24) is 10.6 Å². The first-order valence-electron chi connectivity index (χ1n) is 9.42. The number of carbonyl (C=O) groups excluding carboxylic acids is 2. The molecule has 0 aliphatic carbocycles. The lowest BCUT2D eigenvalue weighted by atomic mass is 9.84. The number of benzene rings is 2. The molecule has 2 amide bonds. The number of ether oxygens (including phenoxy) is 1. The second kappa shape index (κ2) is 8.19. The van der Waals surface area contributed by atoms with Gasteiger partial charge in [-0.15, -0.1) is 0 Å². The molecule has 6 heteroatoms. The summed E-state index contributed by atoms with van der Waals surface area (Å²) in [4.78, 5) is 26.1. The predicted molar refractivity (Wildman–Crippen MR) is 110 cm³/mol. The van der Waals surface area contributed by atoms with Crippen molar-refractivity contribution in [2.45, 2.75) is 32.2 Å². The number of piperazine rings is 1. The van der Waals surface area contributed by atoms with Crippen molar-refractivity contribution in [3.05, 3.63) is 70.9 Å². The number of carbonyl (C=O) groups is 2. The maximum Gasteiger partial charge on any atom is 0.268 e. The van der Waals surface area contributed by atoms with Gasteiger partial charge in [0.05, 0.1) is 18.7 Å². The average molecular weight is 389 g/mol. The third kappa shape index (κ3) is 3.72. The van der Waals surface area contributed by atoms with Crippen molar-refractivity contribution in [2.24, 2.45) is 0 Å². The highest BCUT2D eigenvalue weighted by Crippen LogP contribution is 2.32. The van der Waals surface area contributed by atoms with Crippen molar-refractivity contribution >= 4 is 17.4 Å². The molecule has 6 nitrogen and oxygen atoms in total. The molecule has 0 radical (unpaired) electrons. The average Bonchev–Trinajstić information content (AvgIpc) is 2.75.